The van der Waals surface area contributed by atoms with Crippen molar-refractivity contribution in [2.75, 3.05) is 0 Å². The Kier molecular flexibility index (Phi) is 3.69. The van der Waals surface area contributed by atoms with E-state index in [1.807, 2.05) is 6.07 Å². The summed E-state index contributed by atoms with van der Waals surface area (Å²) in [6.07, 6.45) is 0. The van der Waals surface area contributed by atoms with Crippen LogP contribution in [0.5, 0.6) is 0 Å². The molecule has 0 unspecified atom stereocenters. The Morgan fingerprint density at radius 1 is 1.25 bits per heavy atom. The molecule has 5 heteroatoms. The Bertz CT molecular complexity index is 687. The zero-order chi connectivity index (χ0) is 14.3. The average Bonchev–Trinajstić information content (AvgIpc) is 2.69. The highest BCUT2D eigenvalue weighted by molar-refractivity contribution is 14.1. The molecule has 0 bridgehead atoms. The fraction of sp³-hybridized carbons (Fsp3) is 0.133. The second-order valence-electron chi connectivity index (χ2n) is 4.71. The first kappa shape index (κ1) is 13.8. The highest BCUT2D eigenvalue weighted by Gasteiger charge is 2.29. The molecule has 0 atom stereocenters. The van der Waals surface area contributed by atoms with Gasteiger partial charge < -0.3 is 4.90 Å². The Hall–Kier alpha value is -1.14. The van der Waals surface area contributed by atoms with E-state index in [0.717, 1.165) is 14.7 Å². The first-order valence-corrected chi connectivity index (χ1v) is 7.52. The van der Waals surface area contributed by atoms with Crippen LogP contribution in [-0.4, -0.2) is 10.8 Å². The van der Waals surface area contributed by atoms with Crippen molar-refractivity contribution in [2.24, 2.45) is 0 Å². The van der Waals surface area contributed by atoms with Crippen molar-refractivity contribution in [2.45, 2.75) is 13.1 Å². The van der Waals surface area contributed by atoms with E-state index in [2.05, 4.69) is 22.6 Å². The maximum atomic E-state index is 12.9. The molecule has 0 aromatic heterocycles. The van der Waals surface area contributed by atoms with Crippen LogP contribution in [-0.2, 0) is 13.1 Å². The number of benzene rings is 2. The minimum absolute atomic E-state index is 0.0641. The highest BCUT2D eigenvalue weighted by atomic mass is 127. The van der Waals surface area contributed by atoms with Crippen molar-refractivity contribution >= 4 is 40.1 Å². The quantitative estimate of drug-likeness (QED) is 0.689. The lowest BCUT2D eigenvalue weighted by atomic mass is 10.1. The Labute approximate surface area is 134 Å². The highest BCUT2D eigenvalue weighted by Crippen LogP contribution is 2.32. The predicted molar refractivity (Wildman–Crippen MR) is 84.1 cm³/mol. The molecule has 2 aromatic rings. The van der Waals surface area contributed by atoms with Gasteiger partial charge in [-0.1, -0.05) is 23.7 Å². The van der Waals surface area contributed by atoms with E-state index in [-0.39, 0.29) is 11.7 Å². The summed E-state index contributed by atoms with van der Waals surface area (Å²) in [5.41, 5.74) is 2.45. The van der Waals surface area contributed by atoms with Gasteiger partial charge in [0.05, 0.1) is 10.6 Å². The summed E-state index contributed by atoms with van der Waals surface area (Å²) in [7, 11) is 0. The number of hydrogen-bond acceptors (Lipinski definition) is 1. The van der Waals surface area contributed by atoms with Gasteiger partial charge in [0.25, 0.3) is 5.91 Å². The van der Waals surface area contributed by atoms with E-state index in [1.54, 1.807) is 23.1 Å². The number of carbonyl (C=O) groups is 1. The van der Waals surface area contributed by atoms with Crippen molar-refractivity contribution in [3.05, 3.63) is 67.5 Å². The minimum atomic E-state index is -0.276. The molecular weight excluding hydrogens is 392 g/mol. The minimum Gasteiger partial charge on any atom is -0.330 e. The molecule has 3 rings (SSSR count). The van der Waals surface area contributed by atoms with Crippen molar-refractivity contribution < 1.29 is 9.18 Å². The zero-order valence-corrected chi connectivity index (χ0v) is 13.3. The molecule has 20 heavy (non-hydrogen) atoms. The lowest BCUT2D eigenvalue weighted by molar-refractivity contribution is 0.0767. The summed E-state index contributed by atoms with van der Waals surface area (Å²) >= 11 is 8.34. The van der Waals surface area contributed by atoms with Gasteiger partial charge in [-0.05, 0) is 58.0 Å². The fourth-order valence-corrected chi connectivity index (χ4v) is 3.56. The van der Waals surface area contributed by atoms with Gasteiger partial charge in [-0.15, -0.1) is 0 Å². The topological polar surface area (TPSA) is 20.3 Å². The van der Waals surface area contributed by atoms with Crippen molar-refractivity contribution in [1.29, 1.82) is 0 Å². The normalized spacial score (nSPS) is 13.8. The predicted octanol–water partition coefficient (Wildman–Crippen LogP) is 4.24. The van der Waals surface area contributed by atoms with E-state index in [9.17, 15) is 9.18 Å². The van der Waals surface area contributed by atoms with Gasteiger partial charge in [-0.25, -0.2) is 4.39 Å². The molecule has 0 saturated heterocycles. The first-order chi connectivity index (χ1) is 9.54. The third-order valence-electron chi connectivity index (χ3n) is 3.29. The van der Waals surface area contributed by atoms with Gasteiger partial charge in [0, 0.05) is 16.7 Å². The van der Waals surface area contributed by atoms with Gasteiger partial charge in [-0.2, -0.15) is 0 Å². The number of nitrogens with zero attached hydrogens (tertiary/aromatic N) is 1. The van der Waals surface area contributed by atoms with Gasteiger partial charge in [0.1, 0.15) is 5.82 Å². The molecule has 1 heterocycles. The van der Waals surface area contributed by atoms with Crippen LogP contribution >= 0.6 is 34.2 Å². The standard InChI is InChI=1S/C15H10ClFINO/c16-13-6-12(18)5-10-8-19(15(20)14(10)13)7-9-1-3-11(17)4-2-9/h1-6H,7-8H2. The Balaban J connectivity index is 1.87. The molecule has 0 N–H and O–H groups in total. The third kappa shape index (κ3) is 2.54. The van der Waals surface area contributed by atoms with E-state index in [4.69, 9.17) is 11.6 Å². The van der Waals surface area contributed by atoms with Crippen LogP contribution < -0.4 is 0 Å². The van der Waals surface area contributed by atoms with Gasteiger partial charge >= 0.3 is 0 Å². The van der Waals surface area contributed by atoms with Crippen molar-refractivity contribution in [3.63, 3.8) is 0 Å². The monoisotopic (exact) mass is 401 g/mol. The molecule has 2 nitrogen and oxygen atoms in total. The van der Waals surface area contributed by atoms with Crippen LogP contribution in [0.15, 0.2) is 36.4 Å². The van der Waals surface area contributed by atoms with E-state index in [1.165, 1.54) is 12.1 Å². The van der Waals surface area contributed by atoms with Crippen LogP contribution in [0.3, 0.4) is 0 Å². The Morgan fingerprint density at radius 2 is 1.95 bits per heavy atom. The summed E-state index contributed by atoms with van der Waals surface area (Å²) in [6.45, 7) is 1.00. The van der Waals surface area contributed by atoms with Crippen molar-refractivity contribution in [3.8, 4) is 0 Å². The maximum Gasteiger partial charge on any atom is 0.256 e. The number of fused-ring (bicyclic) bond motifs is 1. The van der Waals surface area contributed by atoms with Gasteiger partial charge in [0.15, 0.2) is 0 Å². The van der Waals surface area contributed by atoms with Crippen LogP contribution in [0.1, 0.15) is 21.5 Å². The molecule has 102 valence electrons. The molecular formula is C15H10ClFINO. The molecule has 0 saturated carbocycles. The third-order valence-corrected chi connectivity index (χ3v) is 4.21. The van der Waals surface area contributed by atoms with E-state index < -0.39 is 0 Å². The smallest absolute Gasteiger partial charge is 0.256 e. The molecule has 1 aliphatic rings. The SMILES string of the molecule is O=C1c2c(Cl)cc(I)cc2CN1Cc1ccc(F)cc1. The molecule has 1 aliphatic heterocycles. The molecule has 0 spiro atoms. The number of rotatable bonds is 2. The van der Waals surface area contributed by atoms with Crippen molar-refractivity contribution in [1.82, 2.24) is 4.90 Å². The van der Waals surface area contributed by atoms with E-state index in [0.29, 0.717) is 23.7 Å². The first-order valence-electron chi connectivity index (χ1n) is 6.06. The number of halogens is 3. The van der Waals surface area contributed by atoms with Crippen LogP contribution in [0.2, 0.25) is 5.02 Å². The molecule has 0 aliphatic carbocycles. The molecule has 1 amide bonds. The zero-order valence-electron chi connectivity index (χ0n) is 10.4. The lowest BCUT2D eigenvalue weighted by Crippen LogP contribution is -2.23. The second kappa shape index (κ2) is 5.33. The second-order valence-corrected chi connectivity index (χ2v) is 6.36. The van der Waals surface area contributed by atoms with Crippen LogP contribution in [0.4, 0.5) is 4.39 Å². The van der Waals surface area contributed by atoms with Gasteiger partial charge in [-0.3, -0.25) is 4.79 Å². The fourth-order valence-electron chi connectivity index (χ4n) is 2.36. The van der Waals surface area contributed by atoms with Crippen LogP contribution in [0.25, 0.3) is 0 Å². The maximum absolute atomic E-state index is 12.9. The van der Waals surface area contributed by atoms with E-state index >= 15 is 0 Å². The summed E-state index contributed by atoms with van der Waals surface area (Å²) in [4.78, 5) is 14.1. The number of carbonyl (C=O) groups excluding carboxylic acids is 1. The average molecular weight is 402 g/mol. The summed E-state index contributed by atoms with van der Waals surface area (Å²) in [5.74, 6) is -0.340. The van der Waals surface area contributed by atoms with Crippen LogP contribution in [0, 0.1) is 9.39 Å². The Morgan fingerprint density at radius 3 is 2.65 bits per heavy atom. The molecule has 2 aromatic carbocycles. The summed E-state index contributed by atoms with van der Waals surface area (Å²) < 4.78 is 13.9. The largest absolute Gasteiger partial charge is 0.330 e. The molecule has 0 radical (unpaired) electrons. The molecule has 0 fully saturated rings. The summed E-state index contributed by atoms with van der Waals surface area (Å²) in [5, 5.41) is 0.499. The summed E-state index contributed by atoms with van der Waals surface area (Å²) in [6, 6.07) is 9.95. The number of hydrogen-bond donors (Lipinski definition) is 0. The number of amides is 1. The lowest BCUT2D eigenvalue weighted by Gasteiger charge is -2.15. The van der Waals surface area contributed by atoms with Gasteiger partial charge in [0.2, 0.25) is 0 Å².